The molecule has 0 fully saturated rings. The lowest BCUT2D eigenvalue weighted by molar-refractivity contribution is -0.0535. The third kappa shape index (κ3) is 1.51. The third-order valence-corrected chi connectivity index (χ3v) is 2.34. The van der Waals surface area contributed by atoms with E-state index in [-0.39, 0.29) is 5.78 Å². The SMILES string of the molecule is CCN1CC(=O)c2cc(C)ccc2O1. The molecule has 3 heteroatoms. The number of carbonyl (C=O) groups is 1. The van der Waals surface area contributed by atoms with Crippen molar-refractivity contribution in [3.63, 3.8) is 0 Å². The molecular formula is C11H13NO2. The van der Waals surface area contributed by atoms with E-state index in [2.05, 4.69) is 0 Å². The Morgan fingerprint density at radius 2 is 2.29 bits per heavy atom. The van der Waals surface area contributed by atoms with Crippen LogP contribution < -0.4 is 4.84 Å². The van der Waals surface area contributed by atoms with Crippen molar-refractivity contribution in [2.24, 2.45) is 0 Å². The van der Waals surface area contributed by atoms with Crippen molar-refractivity contribution >= 4 is 5.78 Å². The smallest absolute Gasteiger partial charge is 0.184 e. The van der Waals surface area contributed by atoms with Gasteiger partial charge in [0.1, 0.15) is 0 Å². The molecule has 0 bridgehead atoms. The maximum absolute atomic E-state index is 11.7. The highest BCUT2D eigenvalue weighted by Gasteiger charge is 2.23. The molecule has 1 aliphatic rings. The molecule has 2 rings (SSSR count). The van der Waals surface area contributed by atoms with Gasteiger partial charge in [0.2, 0.25) is 0 Å². The second-order valence-corrected chi connectivity index (χ2v) is 3.47. The summed E-state index contributed by atoms with van der Waals surface area (Å²) < 4.78 is 0. The minimum Gasteiger partial charge on any atom is -0.405 e. The zero-order valence-electron chi connectivity index (χ0n) is 8.41. The lowest BCUT2D eigenvalue weighted by Gasteiger charge is -2.26. The molecule has 1 heterocycles. The average Bonchev–Trinajstić information content (AvgIpc) is 2.19. The molecule has 1 aromatic rings. The lowest BCUT2D eigenvalue weighted by atomic mass is 10.1. The number of benzene rings is 1. The first-order chi connectivity index (χ1) is 6.70. The molecule has 0 aromatic heterocycles. The predicted octanol–water partition coefficient (Wildman–Crippen LogP) is 1.81. The normalized spacial score (nSPS) is 16.3. The van der Waals surface area contributed by atoms with Gasteiger partial charge in [-0.1, -0.05) is 11.6 Å². The van der Waals surface area contributed by atoms with E-state index in [1.807, 2.05) is 32.0 Å². The summed E-state index contributed by atoms with van der Waals surface area (Å²) in [6.45, 7) is 5.01. The van der Waals surface area contributed by atoms with Crippen LogP contribution in [0.5, 0.6) is 5.75 Å². The van der Waals surface area contributed by atoms with Crippen molar-refractivity contribution in [3.05, 3.63) is 29.3 Å². The maximum Gasteiger partial charge on any atom is 0.184 e. The Balaban J connectivity index is 2.40. The maximum atomic E-state index is 11.7. The van der Waals surface area contributed by atoms with Crippen LogP contribution in [0.15, 0.2) is 18.2 Å². The number of ketones is 1. The van der Waals surface area contributed by atoms with Gasteiger partial charge < -0.3 is 4.84 Å². The highest BCUT2D eigenvalue weighted by Crippen LogP contribution is 2.25. The van der Waals surface area contributed by atoms with Crippen LogP contribution in [0.4, 0.5) is 0 Å². The Hall–Kier alpha value is -1.35. The number of fused-ring (bicyclic) bond motifs is 1. The first kappa shape index (κ1) is 9.21. The van der Waals surface area contributed by atoms with Gasteiger partial charge in [-0.25, -0.2) is 0 Å². The average molecular weight is 191 g/mol. The summed E-state index contributed by atoms with van der Waals surface area (Å²) in [5.41, 5.74) is 1.79. The molecule has 0 amide bonds. The van der Waals surface area contributed by atoms with E-state index in [0.717, 1.165) is 12.1 Å². The van der Waals surface area contributed by atoms with Gasteiger partial charge in [0.05, 0.1) is 12.1 Å². The van der Waals surface area contributed by atoms with Crippen molar-refractivity contribution in [3.8, 4) is 5.75 Å². The summed E-state index contributed by atoms with van der Waals surface area (Å²) in [4.78, 5) is 17.2. The molecule has 0 unspecified atom stereocenters. The van der Waals surface area contributed by atoms with Gasteiger partial charge in [-0.3, -0.25) is 4.79 Å². The van der Waals surface area contributed by atoms with Crippen LogP contribution in [0.25, 0.3) is 0 Å². The first-order valence-corrected chi connectivity index (χ1v) is 4.77. The van der Waals surface area contributed by atoms with E-state index in [0.29, 0.717) is 17.9 Å². The van der Waals surface area contributed by atoms with Crippen LogP contribution >= 0.6 is 0 Å². The number of rotatable bonds is 1. The molecule has 0 saturated carbocycles. The Morgan fingerprint density at radius 3 is 3.00 bits per heavy atom. The second-order valence-electron chi connectivity index (χ2n) is 3.47. The first-order valence-electron chi connectivity index (χ1n) is 4.77. The Bertz CT molecular complexity index is 374. The van der Waals surface area contributed by atoms with Gasteiger partial charge in [-0.15, -0.1) is 5.06 Å². The fourth-order valence-corrected chi connectivity index (χ4v) is 1.53. The zero-order valence-corrected chi connectivity index (χ0v) is 8.41. The zero-order chi connectivity index (χ0) is 10.1. The molecule has 74 valence electrons. The van der Waals surface area contributed by atoms with Gasteiger partial charge in [0, 0.05) is 6.54 Å². The van der Waals surface area contributed by atoms with Crippen molar-refractivity contribution in [2.45, 2.75) is 13.8 Å². The van der Waals surface area contributed by atoms with Crippen LogP contribution in [0.2, 0.25) is 0 Å². The Morgan fingerprint density at radius 1 is 1.50 bits per heavy atom. The van der Waals surface area contributed by atoms with Gasteiger partial charge in [0.25, 0.3) is 0 Å². The molecule has 0 radical (unpaired) electrons. The summed E-state index contributed by atoms with van der Waals surface area (Å²) in [5.74, 6) is 0.811. The molecule has 1 aliphatic heterocycles. The standard InChI is InChI=1S/C11H13NO2/c1-3-12-7-10(13)9-6-8(2)4-5-11(9)14-12/h4-6H,3,7H2,1-2H3. The van der Waals surface area contributed by atoms with Crippen LogP contribution in [-0.2, 0) is 0 Å². The van der Waals surface area contributed by atoms with Gasteiger partial charge >= 0.3 is 0 Å². The summed E-state index contributed by atoms with van der Waals surface area (Å²) >= 11 is 0. The number of hydrogen-bond donors (Lipinski definition) is 0. The van der Waals surface area contributed by atoms with Crippen molar-refractivity contribution in [1.29, 1.82) is 0 Å². The number of nitrogens with zero attached hydrogens (tertiary/aromatic N) is 1. The molecule has 0 N–H and O–H groups in total. The molecule has 0 spiro atoms. The van der Waals surface area contributed by atoms with Crippen LogP contribution in [-0.4, -0.2) is 23.9 Å². The van der Waals surface area contributed by atoms with E-state index >= 15 is 0 Å². The number of hydrogen-bond acceptors (Lipinski definition) is 3. The Labute approximate surface area is 83.2 Å². The highest BCUT2D eigenvalue weighted by atomic mass is 16.7. The minimum absolute atomic E-state index is 0.136. The summed E-state index contributed by atoms with van der Waals surface area (Å²) in [5, 5.41) is 1.67. The molecule has 1 aromatic carbocycles. The number of aryl methyl sites for hydroxylation is 1. The van der Waals surface area contributed by atoms with Gasteiger partial charge in [-0.05, 0) is 26.0 Å². The number of likely N-dealkylation sites (N-methyl/N-ethyl adjacent to an activating group) is 1. The monoisotopic (exact) mass is 191 g/mol. The number of hydroxylamine groups is 2. The predicted molar refractivity (Wildman–Crippen MR) is 53.4 cm³/mol. The molecule has 14 heavy (non-hydrogen) atoms. The summed E-state index contributed by atoms with van der Waals surface area (Å²) in [7, 11) is 0. The Kier molecular flexibility index (Phi) is 2.25. The number of carbonyl (C=O) groups excluding carboxylic acids is 1. The largest absolute Gasteiger partial charge is 0.405 e. The summed E-state index contributed by atoms with van der Waals surface area (Å²) in [6, 6.07) is 5.68. The fourth-order valence-electron chi connectivity index (χ4n) is 1.53. The van der Waals surface area contributed by atoms with Crippen molar-refractivity contribution in [2.75, 3.05) is 13.1 Å². The topological polar surface area (TPSA) is 29.5 Å². The van der Waals surface area contributed by atoms with Gasteiger partial charge in [0.15, 0.2) is 11.5 Å². The molecule has 3 nitrogen and oxygen atoms in total. The van der Waals surface area contributed by atoms with E-state index in [9.17, 15) is 4.79 Å². The molecule has 0 saturated heterocycles. The van der Waals surface area contributed by atoms with E-state index in [4.69, 9.17) is 4.84 Å². The molecular weight excluding hydrogens is 178 g/mol. The van der Waals surface area contributed by atoms with Crippen molar-refractivity contribution < 1.29 is 9.63 Å². The fraction of sp³-hybridized carbons (Fsp3) is 0.364. The van der Waals surface area contributed by atoms with Crippen LogP contribution in [0, 0.1) is 6.92 Å². The van der Waals surface area contributed by atoms with Crippen molar-refractivity contribution in [1.82, 2.24) is 5.06 Å². The third-order valence-electron chi connectivity index (χ3n) is 2.34. The van der Waals surface area contributed by atoms with Crippen LogP contribution in [0.3, 0.4) is 0 Å². The van der Waals surface area contributed by atoms with E-state index < -0.39 is 0 Å². The van der Waals surface area contributed by atoms with E-state index in [1.54, 1.807) is 5.06 Å². The quantitative estimate of drug-likeness (QED) is 0.678. The second kappa shape index (κ2) is 3.42. The lowest BCUT2D eigenvalue weighted by Crippen LogP contribution is -2.37. The summed E-state index contributed by atoms with van der Waals surface area (Å²) in [6.07, 6.45) is 0. The highest BCUT2D eigenvalue weighted by molar-refractivity contribution is 6.00. The molecule has 0 atom stereocenters. The van der Waals surface area contributed by atoms with E-state index in [1.165, 1.54) is 0 Å². The van der Waals surface area contributed by atoms with Crippen LogP contribution in [0.1, 0.15) is 22.8 Å². The number of Topliss-reactive ketones (excluding diaryl/α,β-unsaturated/α-hetero) is 1. The molecule has 0 aliphatic carbocycles. The van der Waals surface area contributed by atoms with Gasteiger partial charge in [-0.2, -0.15) is 0 Å². The minimum atomic E-state index is 0.136.